The number of oxazole rings is 1. The van der Waals surface area contributed by atoms with Gasteiger partial charge >= 0.3 is 0 Å². The van der Waals surface area contributed by atoms with Gasteiger partial charge in [0.15, 0.2) is 11.5 Å². The minimum absolute atomic E-state index is 0.0543. The molecule has 5 nitrogen and oxygen atoms in total. The summed E-state index contributed by atoms with van der Waals surface area (Å²) in [6.45, 7) is 1.89. The monoisotopic (exact) mass is 263 g/mol. The van der Waals surface area contributed by atoms with E-state index in [4.69, 9.17) is 19.0 Å². The topological polar surface area (TPSA) is 64.7 Å². The maximum Gasteiger partial charge on any atom is 0.226 e. The highest BCUT2D eigenvalue weighted by Crippen LogP contribution is 2.32. The molecule has 0 spiro atoms. The van der Waals surface area contributed by atoms with Gasteiger partial charge in [-0.2, -0.15) is 0 Å². The van der Waals surface area contributed by atoms with E-state index in [-0.39, 0.29) is 6.61 Å². The largest absolute Gasteiger partial charge is 0.493 e. The first-order valence-electron chi connectivity index (χ1n) is 5.99. The van der Waals surface area contributed by atoms with Gasteiger partial charge in [0.25, 0.3) is 0 Å². The van der Waals surface area contributed by atoms with Gasteiger partial charge in [-0.1, -0.05) is 0 Å². The van der Waals surface area contributed by atoms with Gasteiger partial charge < -0.3 is 19.0 Å². The van der Waals surface area contributed by atoms with Gasteiger partial charge in [0.2, 0.25) is 5.89 Å². The maximum absolute atomic E-state index is 8.96. The number of nitrogens with zero attached hydrogens (tertiary/aromatic N) is 1. The number of hydrogen-bond acceptors (Lipinski definition) is 5. The Balaban J connectivity index is 2.38. The lowest BCUT2D eigenvalue weighted by atomic mass is 10.2. The SMILES string of the molecule is COc1ccc(-c2nc(CCO)c(C)o2)cc1OC. The number of ether oxygens (including phenoxy) is 2. The number of aromatic nitrogens is 1. The van der Waals surface area contributed by atoms with E-state index in [1.807, 2.05) is 19.1 Å². The molecule has 0 bridgehead atoms. The fourth-order valence-corrected chi connectivity index (χ4v) is 1.86. The van der Waals surface area contributed by atoms with Crippen LogP contribution >= 0.6 is 0 Å². The third-order valence-electron chi connectivity index (χ3n) is 2.87. The molecule has 0 aliphatic rings. The van der Waals surface area contributed by atoms with Crippen LogP contribution in [0.1, 0.15) is 11.5 Å². The molecule has 0 saturated carbocycles. The molecule has 19 heavy (non-hydrogen) atoms. The van der Waals surface area contributed by atoms with Crippen molar-refractivity contribution < 1.29 is 19.0 Å². The summed E-state index contributed by atoms with van der Waals surface area (Å²) in [5.41, 5.74) is 1.58. The predicted molar refractivity (Wildman–Crippen MR) is 70.6 cm³/mol. The highest BCUT2D eigenvalue weighted by atomic mass is 16.5. The van der Waals surface area contributed by atoms with E-state index in [2.05, 4.69) is 4.98 Å². The molecule has 2 rings (SSSR count). The maximum atomic E-state index is 8.96. The summed E-state index contributed by atoms with van der Waals surface area (Å²) in [5, 5.41) is 8.96. The number of aliphatic hydroxyl groups excluding tert-OH is 1. The number of hydrogen-bond donors (Lipinski definition) is 1. The van der Waals surface area contributed by atoms with Gasteiger partial charge in [0, 0.05) is 18.6 Å². The van der Waals surface area contributed by atoms with Gasteiger partial charge in [-0.25, -0.2) is 4.98 Å². The summed E-state index contributed by atoms with van der Waals surface area (Å²) in [6.07, 6.45) is 0.489. The molecule has 0 radical (unpaired) electrons. The van der Waals surface area contributed by atoms with E-state index in [0.29, 0.717) is 23.8 Å². The highest BCUT2D eigenvalue weighted by Gasteiger charge is 2.13. The Morgan fingerprint density at radius 2 is 1.95 bits per heavy atom. The Labute approximate surface area is 111 Å². The second-order valence-corrected chi connectivity index (χ2v) is 4.07. The molecule has 0 unspecified atom stereocenters. The van der Waals surface area contributed by atoms with Crippen molar-refractivity contribution in [2.75, 3.05) is 20.8 Å². The second kappa shape index (κ2) is 5.75. The van der Waals surface area contributed by atoms with Crippen LogP contribution in [-0.2, 0) is 6.42 Å². The summed E-state index contributed by atoms with van der Waals surface area (Å²) in [6, 6.07) is 5.47. The Morgan fingerprint density at radius 1 is 1.21 bits per heavy atom. The summed E-state index contributed by atoms with van der Waals surface area (Å²) >= 11 is 0. The van der Waals surface area contributed by atoms with Crippen LogP contribution in [0.25, 0.3) is 11.5 Å². The average molecular weight is 263 g/mol. The van der Waals surface area contributed by atoms with E-state index in [1.54, 1.807) is 20.3 Å². The highest BCUT2D eigenvalue weighted by molar-refractivity contribution is 5.60. The van der Waals surface area contributed by atoms with E-state index < -0.39 is 0 Å². The Bertz CT molecular complexity index is 563. The van der Waals surface area contributed by atoms with Crippen molar-refractivity contribution in [3.63, 3.8) is 0 Å². The summed E-state index contributed by atoms with van der Waals surface area (Å²) in [7, 11) is 3.17. The molecule has 102 valence electrons. The normalized spacial score (nSPS) is 10.5. The van der Waals surface area contributed by atoms with E-state index in [9.17, 15) is 0 Å². The van der Waals surface area contributed by atoms with E-state index in [0.717, 1.165) is 17.0 Å². The first-order valence-corrected chi connectivity index (χ1v) is 5.99. The minimum Gasteiger partial charge on any atom is -0.493 e. The molecule has 0 aliphatic carbocycles. The lowest BCUT2D eigenvalue weighted by molar-refractivity contribution is 0.297. The van der Waals surface area contributed by atoms with Crippen molar-refractivity contribution in [3.05, 3.63) is 29.7 Å². The van der Waals surface area contributed by atoms with Crippen LogP contribution in [0.5, 0.6) is 11.5 Å². The molecule has 0 saturated heterocycles. The van der Waals surface area contributed by atoms with Gasteiger partial charge in [-0.15, -0.1) is 0 Å². The van der Waals surface area contributed by atoms with Crippen LogP contribution < -0.4 is 9.47 Å². The molecule has 0 amide bonds. The summed E-state index contributed by atoms with van der Waals surface area (Å²) in [5.74, 6) is 2.52. The molecule has 1 heterocycles. The second-order valence-electron chi connectivity index (χ2n) is 4.07. The molecule has 1 N–H and O–H groups in total. The van der Waals surface area contributed by atoms with Crippen molar-refractivity contribution in [2.24, 2.45) is 0 Å². The molecule has 1 aromatic carbocycles. The van der Waals surface area contributed by atoms with Gasteiger partial charge in [-0.3, -0.25) is 0 Å². The Hall–Kier alpha value is -2.01. The molecule has 0 aliphatic heterocycles. The summed E-state index contributed by atoms with van der Waals surface area (Å²) < 4.78 is 16.0. The zero-order chi connectivity index (χ0) is 13.8. The fourth-order valence-electron chi connectivity index (χ4n) is 1.86. The van der Waals surface area contributed by atoms with Crippen LogP contribution in [0.15, 0.2) is 22.6 Å². The number of benzene rings is 1. The quantitative estimate of drug-likeness (QED) is 0.895. The first kappa shape index (κ1) is 13.4. The standard InChI is InChI=1S/C14H17NO4/c1-9-11(6-7-16)15-14(19-9)10-4-5-12(17-2)13(8-10)18-3/h4-5,8,16H,6-7H2,1-3H3. The first-order chi connectivity index (χ1) is 9.19. The van der Waals surface area contributed by atoms with Crippen molar-refractivity contribution in [1.82, 2.24) is 4.98 Å². The van der Waals surface area contributed by atoms with Crippen molar-refractivity contribution in [3.8, 4) is 23.0 Å². The van der Waals surface area contributed by atoms with Crippen LogP contribution in [0.2, 0.25) is 0 Å². The molecular weight excluding hydrogens is 246 g/mol. The van der Waals surface area contributed by atoms with Crippen molar-refractivity contribution in [2.45, 2.75) is 13.3 Å². The molecular formula is C14H17NO4. The van der Waals surface area contributed by atoms with Crippen molar-refractivity contribution in [1.29, 1.82) is 0 Å². The number of aliphatic hydroxyl groups is 1. The van der Waals surface area contributed by atoms with Gasteiger partial charge in [0.05, 0.1) is 19.9 Å². The van der Waals surface area contributed by atoms with Crippen LogP contribution in [0, 0.1) is 6.92 Å². The van der Waals surface area contributed by atoms with Crippen LogP contribution in [0.4, 0.5) is 0 Å². The lowest BCUT2D eigenvalue weighted by Gasteiger charge is -2.07. The predicted octanol–water partition coefficient (Wildman–Crippen LogP) is 2.20. The fraction of sp³-hybridized carbons (Fsp3) is 0.357. The third kappa shape index (κ3) is 2.71. The average Bonchev–Trinajstić information content (AvgIpc) is 2.80. The zero-order valence-electron chi connectivity index (χ0n) is 11.3. The zero-order valence-corrected chi connectivity index (χ0v) is 11.3. The molecule has 2 aromatic rings. The Morgan fingerprint density at radius 3 is 2.58 bits per heavy atom. The minimum atomic E-state index is 0.0543. The summed E-state index contributed by atoms with van der Waals surface area (Å²) in [4.78, 5) is 4.38. The smallest absolute Gasteiger partial charge is 0.226 e. The number of aryl methyl sites for hydroxylation is 1. The van der Waals surface area contributed by atoms with Crippen LogP contribution in [0.3, 0.4) is 0 Å². The number of rotatable bonds is 5. The lowest BCUT2D eigenvalue weighted by Crippen LogP contribution is -1.93. The molecule has 0 fully saturated rings. The van der Waals surface area contributed by atoms with Crippen LogP contribution in [-0.4, -0.2) is 30.9 Å². The molecule has 0 atom stereocenters. The third-order valence-corrected chi connectivity index (χ3v) is 2.87. The molecule has 1 aromatic heterocycles. The van der Waals surface area contributed by atoms with Gasteiger partial charge in [-0.05, 0) is 25.1 Å². The Kier molecular flexibility index (Phi) is 4.06. The van der Waals surface area contributed by atoms with Gasteiger partial charge in [0.1, 0.15) is 5.76 Å². The molecule has 5 heteroatoms. The van der Waals surface area contributed by atoms with E-state index in [1.165, 1.54) is 0 Å². The number of methoxy groups -OCH3 is 2. The van der Waals surface area contributed by atoms with Crippen molar-refractivity contribution >= 4 is 0 Å². The van der Waals surface area contributed by atoms with E-state index >= 15 is 0 Å².